The number of fused-ring (bicyclic) bond motifs is 1. The Balaban J connectivity index is 1.31. The molecule has 8 nitrogen and oxygen atoms in total. The van der Waals surface area contributed by atoms with Gasteiger partial charge in [0.25, 0.3) is 11.4 Å². The molecule has 0 saturated carbocycles. The molecule has 0 bridgehead atoms. The minimum Gasteiger partial charge on any atom is -0.453 e. The minimum absolute atomic E-state index is 0.180. The maximum atomic E-state index is 12.2. The average molecular weight is 418 g/mol. The maximum absolute atomic E-state index is 12.2. The number of ether oxygens (including phenoxy) is 1. The van der Waals surface area contributed by atoms with Crippen molar-refractivity contribution in [3.63, 3.8) is 0 Å². The van der Waals surface area contributed by atoms with E-state index < -0.39 is 6.10 Å². The van der Waals surface area contributed by atoms with Crippen LogP contribution in [0.1, 0.15) is 43.1 Å². The predicted octanol–water partition coefficient (Wildman–Crippen LogP) is 3.91. The number of nitrogens with zero attached hydrogens (tertiary/aromatic N) is 3. The third-order valence-corrected chi connectivity index (χ3v) is 4.85. The molecule has 2 aromatic heterocycles. The molecule has 158 valence electrons. The molecule has 0 fully saturated rings. The molecule has 4 rings (SSSR count). The Hall–Kier alpha value is -3.81. The smallest absolute Gasteiger partial charge is 0.306 e. The van der Waals surface area contributed by atoms with Gasteiger partial charge < -0.3 is 14.1 Å². The molecule has 0 aliphatic heterocycles. The van der Waals surface area contributed by atoms with Gasteiger partial charge in [0.15, 0.2) is 6.10 Å². The van der Waals surface area contributed by atoms with E-state index in [2.05, 4.69) is 20.2 Å². The summed E-state index contributed by atoms with van der Waals surface area (Å²) in [7, 11) is 0. The summed E-state index contributed by atoms with van der Waals surface area (Å²) in [6.45, 7) is 3.69. The molecular weight excluding hydrogens is 396 g/mol. The van der Waals surface area contributed by atoms with Gasteiger partial charge in [-0.05, 0) is 44.5 Å². The molecule has 1 atom stereocenters. The Kier molecular flexibility index (Phi) is 5.88. The Morgan fingerprint density at radius 3 is 2.71 bits per heavy atom. The number of aromatic amines is 1. The Morgan fingerprint density at radius 1 is 1.13 bits per heavy atom. The predicted molar refractivity (Wildman–Crippen MR) is 114 cm³/mol. The van der Waals surface area contributed by atoms with Crippen molar-refractivity contribution in [3.8, 4) is 11.5 Å². The van der Waals surface area contributed by atoms with E-state index in [0.717, 1.165) is 11.1 Å². The van der Waals surface area contributed by atoms with E-state index in [1.54, 1.807) is 25.1 Å². The molecule has 0 saturated heterocycles. The fraction of sp³-hybridized carbons (Fsp3) is 0.261. The van der Waals surface area contributed by atoms with Gasteiger partial charge >= 0.3 is 5.97 Å². The number of nitrogens with one attached hydrogen (secondary N) is 1. The summed E-state index contributed by atoms with van der Waals surface area (Å²) in [5, 5.41) is 8.57. The molecule has 0 amide bonds. The Labute approximate surface area is 178 Å². The lowest BCUT2D eigenvalue weighted by Gasteiger charge is -2.09. The molecule has 0 unspecified atom stereocenters. The van der Waals surface area contributed by atoms with E-state index in [1.165, 1.54) is 0 Å². The maximum Gasteiger partial charge on any atom is 0.306 e. The minimum atomic E-state index is -0.655. The molecule has 1 N–H and O–H groups in total. The van der Waals surface area contributed by atoms with E-state index in [0.29, 0.717) is 35.5 Å². The largest absolute Gasteiger partial charge is 0.453 e. The van der Waals surface area contributed by atoms with Crippen LogP contribution in [0.25, 0.3) is 22.4 Å². The van der Waals surface area contributed by atoms with Crippen LogP contribution in [0.5, 0.6) is 0 Å². The van der Waals surface area contributed by atoms with Crippen molar-refractivity contribution in [2.45, 2.75) is 39.2 Å². The van der Waals surface area contributed by atoms with Crippen LogP contribution < -0.4 is 5.56 Å². The third kappa shape index (κ3) is 4.85. The zero-order valence-electron chi connectivity index (χ0n) is 17.3. The fourth-order valence-corrected chi connectivity index (χ4v) is 3.17. The van der Waals surface area contributed by atoms with Crippen LogP contribution in [-0.4, -0.2) is 26.1 Å². The van der Waals surface area contributed by atoms with Crippen molar-refractivity contribution in [3.05, 3.63) is 76.2 Å². The summed E-state index contributed by atoms with van der Waals surface area (Å²) >= 11 is 0. The molecule has 0 aliphatic rings. The summed E-state index contributed by atoms with van der Waals surface area (Å²) in [5.41, 5.74) is 2.39. The number of hydrogen-bond acceptors (Lipinski definition) is 7. The number of carbonyl (C=O) groups is 1. The van der Waals surface area contributed by atoms with Crippen molar-refractivity contribution < 1.29 is 13.9 Å². The zero-order valence-corrected chi connectivity index (χ0v) is 17.3. The number of aryl methyl sites for hydroxylation is 2. The summed E-state index contributed by atoms with van der Waals surface area (Å²) in [5.74, 6) is 0.781. The van der Waals surface area contributed by atoms with Crippen molar-refractivity contribution in [1.82, 2.24) is 20.2 Å². The van der Waals surface area contributed by atoms with Gasteiger partial charge in [-0.25, -0.2) is 4.98 Å². The second-order valence-corrected chi connectivity index (χ2v) is 7.33. The molecule has 2 aromatic carbocycles. The molecular formula is C23H22N4O4. The van der Waals surface area contributed by atoms with Crippen molar-refractivity contribution >= 4 is 16.9 Å². The second-order valence-electron chi connectivity index (χ2n) is 7.33. The van der Waals surface area contributed by atoms with E-state index >= 15 is 0 Å². The summed E-state index contributed by atoms with van der Waals surface area (Å²) in [6.07, 6.45) is 0.477. The van der Waals surface area contributed by atoms with Crippen LogP contribution in [0, 0.1) is 6.92 Å². The lowest BCUT2D eigenvalue weighted by atomic mass is 10.1. The number of H-pyrrole nitrogens is 1. The van der Waals surface area contributed by atoms with Gasteiger partial charge in [-0.1, -0.05) is 29.8 Å². The molecule has 4 aromatic rings. The highest BCUT2D eigenvalue weighted by atomic mass is 16.6. The summed E-state index contributed by atoms with van der Waals surface area (Å²) < 4.78 is 11.1. The quantitative estimate of drug-likeness (QED) is 0.453. The highest BCUT2D eigenvalue weighted by molar-refractivity contribution is 5.77. The Bertz CT molecular complexity index is 1260. The lowest BCUT2D eigenvalue weighted by molar-refractivity contribution is -0.149. The number of rotatable bonds is 7. The van der Waals surface area contributed by atoms with Crippen LogP contribution in [0.3, 0.4) is 0 Å². The fourth-order valence-electron chi connectivity index (χ4n) is 3.17. The average Bonchev–Trinajstić information content (AvgIpc) is 3.25. The number of esters is 1. The van der Waals surface area contributed by atoms with Crippen molar-refractivity contribution in [2.75, 3.05) is 0 Å². The lowest BCUT2D eigenvalue weighted by Crippen LogP contribution is -2.13. The standard InChI is InChI=1S/C23H22N4O4/c1-14-10-12-16(13-11-14)23-27-26-22(31-23)15(2)30-20(28)9-5-8-19-24-18-7-4-3-6-17(18)21(29)25-19/h3-4,6-7,10-13,15H,5,8-9H2,1-2H3,(H,24,25,29)/t15-/m1/s1. The first-order valence-corrected chi connectivity index (χ1v) is 10.1. The van der Waals surface area contributed by atoms with Crippen LogP contribution in [-0.2, 0) is 16.0 Å². The molecule has 0 spiro atoms. The van der Waals surface area contributed by atoms with E-state index in [9.17, 15) is 9.59 Å². The molecule has 2 heterocycles. The topological polar surface area (TPSA) is 111 Å². The molecule has 0 aliphatic carbocycles. The SMILES string of the molecule is Cc1ccc(-c2nnc([C@@H](C)OC(=O)CCCc3nc4ccccc4c(=O)[nH]3)o2)cc1. The molecule has 0 radical (unpaired) electrons. The van der Waals surface area contributed by atoms with E-state index in [1.807, 2.05) is 37.3 Å². The van der Waals surface area contributed by atoms with Gasteiger partial charge in [0.05, 0.1) is 10.9 Å². The van der Waals surface area contributed by atoms with E-state index in [-0.39, 0.29) is 23.8 Å². The molecule has 31 heavy (non-hydrogen) atoms. The first kappa shape index (κ1) is 20.5. The van der Waals surface area contributed by atoms with Gasteiger partial charge in [0.1, 0.15) is 5.82 Å². The van der Waals surface area contributed by atoms with Gasteiger partial charge in [0.2, 0.25) is 5.89 Å². The summed E-state index contributed by atoms with van der Waals surface area (Å²) in [6, 6.07) is 14.9. The number of hydrogen-bond donors (Lipinski definition) is 1. The van der Waals surface area contributed by atoms with Crippen molar-refractivity contribution in [1.29, 1.82) is 0 Å². The first-order valence-electron chi connectivity index (χ1n) is 10.1. The zero-order chi connectivity index (χ0) is 21.8. The first-order chi connectivity index (χ1) is 15.0. The Morgan fingerprint density at radius 2 is 1.90 bits per heavy atom. The third-order valence-electron chi connectivity index (χ3n) is 4.85. The van der Waals surface area contributed by atoms with E-state index in [4.69, 9.17) is 9.15 Å². The van der Waals surface area contributed by atoms with Gasteiger partial charge in [-0.15, -0.1) is 10.2 Å². The number of benzene rings is 2. The van der Waals surface area contributed by atoms with Gasteiger partial charge in [-0.2, -0.15) is 0 Å². The number of para-hydroxylation sites is 1. The second kappa shape index (κ2) is 8.91. The van der Waals surface area contributed by atoms with Crippen LogP contribution in [0.4, 0.5) is 0 Å². The monoisotopic (exact) mass is 418 g/mol. The van der Waals surface area contributed by atoms with Gasteiger partial charge in [0, 0.05) is 18.4 Å². The highest BCUT2D eigenvalue weighted by Crippen LogP contribution is 2.23. The van der Waals surface area contributed by atoms with Crippen LogP contribution in [0.15, 0.2) is 57.7 Å². The van der Waals surface area contributed by atoms with Gasteiger partial charge in [-0.3, -0.25) is 9.59 Å². The van der Waals surface area contributed by atoms with Crippen molar-refractivity contribution in [2.24, 2.45) is 0 Å². The highest BCUT2D eigenvalue weighted by Gasteiger charge is 2.19. The molecule has 8 heteroatoms. The van der Waals surface area contributed by atoms with Crippen LogP contribution in [0.2, 0.25) is 0 Å². The van der Waals surface area contributed by atoms with Crippen LogP contribution >= 0.6 is 0 Å². The summed E-state index contributed by atoms with van der Waals surface area (Å²) in [4.78, 5) is 31.5. The number of aromatic nitrogens is 4. The number of carbonyl (C=O) groups excluding carboxylic acids is 1. The normalized spacial score (nSPS) is 12.1.